The van der Waals surface area contributed by atoms with Crippen LogP contribution in [0.15, 0.2) is 47.5 Å². The van der Waals surface area contributed by atoms with Crippen molar-refractivity contribution in [3.05, 3.63) is 47.3 Å². The molecule has 1 aliphatic heterocycles. The Morgan fingerprint density at radius 1 is 1.32 bits per heavy atom. The van der Waals surface area contributed by atoms with E-state index in [2.05, 4.69) is 15.8 Å². The third kappa shape index (κ3) is 3.74. The van der Waals surface area contributed by atoms with E-state index in [4.69, 9.17) is 14.2 Å². The van der Waals surface area contributed by atoms with Crippen LogP contribution in [0.3, 0.4) is 0 Å². The van der Waals surface area contributed by atoms with Gasteiger partial charge in [0, 0.05) is 18.4 Å². The first-order valence-corrected chi connectivity index (χ1v) is 11.0. The summed E-state index contributed by atoms with van der Waals surface area (Å²) in [6.07, 6.45) is 1.31. The van der Waals surface area contributed by atoms with Crippen molar-refractivity contribution in [3.8, 4) is 17.2 Å². The zero-order chi connectivity index (χ0) is 19.5. The van der Waals surface area contributed by atoms with Crippen LogP contribution in [-0.4, -0.2) is 42.3 Å². The molecule has 1 amide bonds. The molecular formula is C20H20N2O4S2. The fourth-order valence-electron chi connectivity index (χ4n) is 2.97. The minimum absolute atomic E-state index is 0.156. The van der Waals surface area contributed by atoms with Crippen molar-refractivity contribution in [2.75, 3.05) is 25.7 Å². The molecule has 0 saturated carbocycles. The molecule has 1 aromatic heterocycles. The fraction of sp³-hybridized carbons (Fsp3) is 0.300. The number of hydrogen-bond donors (Lipinski definition) is 0. The van der Waals surface area contributed by atoms with E-state index in [1.807, 2.05) is 36.4 Å². The maximum Gasteiger partial charge on any atom is 0.292 e. The molecule has 1 atom stereocenters. The molecule has 0 saturated heterocycles. The van der Waals surface area contributed by atoms with E-state index in [9.17, 15) is 4.79 Å². The van der Waals surface area contributed by atoms with Crippen molar-refractivity contribution in [3.63, 3.8) is 0 Å². The van der Waals surface area contributed by atoms with Gasteiger partial charge in [0.15, 0.2) is 16.3 Å². The minimum Gasteiger partial charge on any atom is -0.497 e. The van der Waals surface area contributed by atoms with E-state index in [1.165, 1.54) is 11.3 Å². The number of nitrogens with zero attached hydrogens (tertiary/aromatic N) is 2. The number of methoxy groups -OCH3 is 1. The number of amides is 1. The lowest BCUT2D eigenvalue weighted by molar-refractivity contribution is -0.127. The van der Waals surface area contributed by atoms with Gasteiger partial charge in [-0.2, -0.15) is 16.8 Å². The Labute approximate surface area is 170 Å². The van der Waals surface area contributed by atoms with Crippen LogP contribution in [0.2, 0.25) is 0 Å². The molecule has 0 radical (unpaired) electrons. The summed E-state index contributed by atoms with van der Waals surface area (Å²) in [5, 5.41) is 0. The lowest BCUT2D eigenvalue weighted by Gasteiger charge is -2.23. The highest BCUT2D eigenvalue weighted by molar-refractivity contribution is 7.98. The van der Waals surface area contributed by atoms with Gasteiger partial charge in [-0.15, -0.1) is 0 Å². The third-order valence-corrected chi connectivity index (χ3v) is 6.05. The number of thioether (sulfide) groups is 1. The summed E-state index contributed by atoms with van der Waals surface area (Å²) in [7, 11) is 1.65. The van der Waals surface area contributed by atoms with E-state index >= 15 is 0 Å². The average molecular weight is 417 g/mol. The second-order valence-corrected chi connectivity index (χ2v) is 8.17. The van der Waals surface area contributed by atoms with E-state index in [0.29, 0.717) is 16.3 Å². The number of aromatic nitrogens is 1. The topological polar surface area (TPSA) is 62.1 Å². The number of ether oxygens (including phenoxy) is 3. The molecule has 3 aromatic rings. The molecule has 0 fully saturated rings. The number of benzene rings is 2. The van der Waals surface area contributed by atoms with Crippen LogP contribution in [0.25, 0.3) is 10.2 Å². The van der Waals surface area contributed by atoms with Gasteiger partial charge in [0.25, 0.3) is 5.91 Å². The summed E-state index contributed by atoms with van der Waals surface area (Å²) in [6, 6.07) is 13.2. The van der Waals surface area contributed by atoms with Crippen molar-refractivity contribution < 1.29 is 19.0 Å². The fourth-order valence-corrected chi connectivity index (χ4v) is 4.37. The third-order valence-electron chi connectivity index (χ3n) is 4.40. The zero-order valence-electron chi connectivity index (χ0n) is 15.6. The van der Waals surface area contributed by atoms with E-state index in [1.54, 1.807) is 24.9 Å². The van der Waals surface area contributed by atoms with Gasteiger partial charge < -0.3 is 18.8 Å². The van der Waals surface area contributed by atoms with E-state index in [0.717, 1.165) is 28.3 Å². The smallest absolute Gasteiger partial charge is 0.292 e. The van der Waals surface area contributed by atoms with Gasteiger partial charge in [0.1, 0.15) is 12.4 Å². The first-order chi connectivity index (χ1) is 13.7. The molecule has 4 rings (SSSR count). The van der Waals surface area contributed by atoms with E-state index < -0.39 is 6.10 Å². The van der Waals surface area contributed by atoms with Crippen molar-refractivity contribution in [1.82, 2.24) is 4.57 Å². The highest BCUT2D eigenvalue weighted by Gasteiger charge is 2.27. The number of rotatable bonds is 5. The number of para-hydroxylation sites is 2. The molecule has 146 valence electrons. The lowest BCUT2D eigenvalue weighted by Crippen LogP contribution is -2.36. The summed E-state index contributed by atoms with van der Waals surface area (Å²) in [5.41, 5.74) is 1.01. The van der Waals surface area contributed by atoms with Gasteiger partial charge in [0.05, 0.1) is 17.3 Å². The normalized spacial score (nSPS) is 16.4. The summed E-state index contributed by atoms with van der Waals surface area (Å²) in [5.74, 6) is 2.57. The molecule has 2 aromatic carbocycles. The molecule has 2 heterocycles. The predicted octanol–water partition coefficient (Wildman–Crippen LogP) is 3.34. The Hall–Kier alpha value is -2.45. The van der Waals surface area contributed by atoms with Gasteiger partial charge >= 0.3 is 0 Å². The van der Waals surface area contributed by atoms with Gasteiger partial charge in [-0.25, -0.2) is 0 Å². The maximum atomic E-state index is 12.8. The molecule has 1 unspecified atom stereocenters. The molecule has 8 heteroatoms. The van der Waals surface area contributed by atoms with Crippen LogP contribution in [0, 0.1) is 0 Å². The molecular weight excluding hydrogens is 396 g/mol. The number of carbonyl (C=O) groups is 1. The predicted molar refractivity (Wildman–Crippen MR) is 112 cm³/mol. The van der Waals surface area contributed by atoms with Crippen LogP contribution in [0.1, 0.15) is 0 Å². The van der Waals surface area contributed by atoms with Crippen LogP contribution in [-0.2, 0) is 11.3 Å². The average Bonchev–Trinajstić information content (AvgIpc) is 3.07. The highest BCUT2D eigenvalue weighted by Crippen LogP contribution is 2.31. The summed E-state index contributed by atoms with van der Waals surface area (Å²) in [4.78, 5) is 17.8. The second-order valence-electron chi connectivity index (χ2n) is 6.18. The Bertz CT molecular complexity index is 1070. The van der Waals surface area contributed by atoms with Crippen molar-refractivity contribution in [2.24, 2.45) is 4.99 Å². The largest absolute Gasteiger partial charge is 0.497 e. The standard InChI is InChI=1S/C20H20N2O4S2/c1-24-13-7-8-18-14(11-13)22(9-10-27-2)20(28-18)21-19(23)17-12-25-15-5-3-4-6-16(15)26-17/h3-8,11,17H,9-10,12H2,1-2H3. The number of carbonyl (C=O) groups excluding carboxylic acids is 1. The highest BCUT2D eigenvalue weighted by atomic mass is 32.2. The van der Waals surface area contributed by atoms with Crippen LogP contribution < -0.4 is 19.0 Å². The maximum absolute atomic E-state index is 12.8. The molecule has 6 nitrogen and oxygen atoms in total. The second kappa shape index (κ2) is 8.28. The first-order valence-electron chi connectivity index (χ1n) is 8.83. The molecule has 0 spiro atoms. The van der Waals surface area contributed by atoms with Gasteiger partial charge in [0.2, 0.25) is 6.10 Å². The molecule has 28 heavy (non-hydrogen) atoms. The Balaban J connectivity index is 1.69. The Morgan fingerprint density at radius 3 is 2.93 bits per heavy atom. The van der Waals surface area contributed by atoms with Crippen molar-refractivity contribution in [2.45, 2.75) is 12.6 Å². The Kier molecular flexibility index (Phi) is 5.59. The van der Waals surface area contributed by atoms with Crippen LogP contribution in [0.5, 0.6) is 17.2 Å². The molecule has 0 bridgehead atoms. The number of hydrogen-bond acceptors (Lipinski definition) is 6. The van der Waals surface area contributed by atoms with E-state index in [-0.39, 0.29) is 12.5 Å². The number of thiazole rings is 1. The molecule has 0 N–H and O–H groups in total. The quantitative estimate of drug-likeness (QED) is 0.638. The Morgan fingerprint density at radius 2 is 2.14 bits per heavy atom. The van der Waals surface area contributed by atoms with Crippen LogP contribution >= 0.6 is 23.1 Å². The van der Waals surface area contributed by atoms with Gasteiger partial charge in [-0.3, -0.25) is 4.79 Å². The van der Waals surface area contributed by atoms with Crippen molar-refractivity contribution in [1.29, 1.82) is 0 Å². The van der Waals surface area contributed by atoms with Crippen molar-refractivity contribution >= 4 is 39.2 Å². The monoisotopic (exact) mass is 416 g/mol. The summed E-state index contributed by atoms with van der Waals surface area (Å²) < 4.78 is 19.9. The minimum atomic E-state index is -0.747. The van der Waals surface area contributed by atoms with Gasteiger partial charge in [-0.1, -0.05) is 23.5 Å². The summed E-state index contributed by atoms with van der Waals surface area (Å²) in [6.45, 7) is 0.911. The number of aryl methyl sites for hydroxylation is 1. The molecule has 0 aliphatic carbocycles. The SMILES string of the molecule is COc1ccc2sc(=NC(=O)C3COc4ccccc4O3)n(CCSC)c2c1. The van der Waals surface area contributed by atoms with Gasteiger partial charge in [-0.05, 0) is 30.5 Å². The first kappa shape index (κ1) is 18.9. The molecule has 1 aliphatic rings. The zero-order valence-corrected chi connectivity index (χ0v) is 17.2. The number of fused-ring (bicyclic) bond motifs is 2. The lowest BCUT2D eigenvalue weighted by atomic mass is 10.2. The summed E-state index contributed by atoms with van der Waals surface area (Å²) >= 11 is 3.23. The van der Waals surface area contributed by atoms with Crippen LogP contribution in [0.4, 0.5) is 0 Å².